The minimum atomic E-state index is -5.20. The maximum atomic E-state index is 15.8. The highest BCUT2D eigenvalue weighted by Gasteiger charge is 2.38. The molecule has 0 fully saturated rings. The predicted octanol–water partition coefficient (Wildman–Crippen LogP) is 6.89. The summed E-state index contributed by atoms with van der Waals surface area (Å²) in [5, 5.41) is 2.30. The summed E-state index contributed by atoms with van der Waals surface area (Å²) in [6.45, 7) is 9.88. The summed E-state index contributed by atoms with van der Waals surface area (Å²) < 4.78 is 106. The van der Waals surface area contributed by atoms with Crippen LogP contribution in [0.5, 0.6) is 0 Å². The van der Waals surface area contributed by atoms with Crippen LogP contribution in [0, 0.1) is 18.6 Å². The molecule has 0 bridgehead atoms. The van der Waals surface area contributed by atoms with E-state index in [1.165, 1.54) is 13.8 Å². The van der Waals surface area contributed by atoms with Gasteiger partial charge in [-0.3, -0.25) is 13.8 Å². The first kappa shape index (κ1) is 36.6. The van der Waals surface area contributed by atoms with Gasteiger partial charge in [-0.05, 0) is 93.5 Å². The molecule has 0 saturated carbocycles. The van der Waals surface area contributed by atoms with Gasteiger partial charge in [0.2, 0.25) is 0 Å². The fraction of sp³-hybridized carbons (Fsp3) is 0.419. The Morgan fingerprint density at radius 2 is 1.80 bits per heavy atom. The molecule has 7 nitrogen and oxygen atoms in total. The zero-order chi connectivity index (χ0) is 33.4. The van der Waals surface area contributed by atoms with Gasteiger partial charge >= 0.3 is 12.1 Å². The smallest absolute Gasteiger partial charge is 0.419 e. The summed E-state index contributed by atoms with van der Waals surface area (Å²) in [7, 11) is -4.19. The van der Waals surface area contributed by atoms with Gasteiger partial charge < -0.3 is 10.1 Å². The topological polar surface area (TPSA) is 98.8 Å². The number of alkyl halides is 3. The predicted molar refractivity (Wildman–Crippen MR) is 156 cm³/mol. The lowest BCUT2D eigenvalue weighted by molar-refractivity contribution is -0.144. The molecule has 0 aliphatic carbocycles. The van der Waals surface area contributed by atoms with Crippen LogP contribution in [0.2, 0.25) is 0 Å². The standard InChI is InChI=1S/C31H36F5NO6S/c1-7-9-10-20-14-22(32)13-19(5)28(20)21-15-23(29(33)24(16-21)31(34,35)36)25(17-27(38)42-8-2)37-30(39)26(12-11-18(3)4)43-44(6,40)41/h7,9,13-16,25-26H,3,8,10-12,17H2,1-2,4-6H3,(H,37,39)/t25-,26+/m0/s1. The van der Waals surface area contributed by atoms with E-state index >= 15 is 4.39 Å². The van der Waals surface area contributed by atoms with Crippen molar-refractivity contribution >= 4 is 22.0 Å². The molecule has 0 saturated heterocycles. The van der Waals surface area contributed by atoms with Crippen molar-refractivity contribution in [3.63, 3.8) is 0 Å². The van der Waals surface area contributed by atoms with Crippen molar-refractivity contribution in [1.82, 2.24) is 5.32 Å². The van der Waals surface area contributed by atoms with E-state index in [0.29, 0.717) is 23.5 Å². The molecule has 2 aromatic rings. The molecule has 44 heavy (non-hydrogen) atoms. The Labute approximate surface area is 254 Å². The van der Waals surface area contributed by atoms with E-state index in [-0.39, 0.29) is 42.6 Å². The van der Waals surface area contributed by atoms with Crippen molar-refractivity contribution < 1.29 is 48.9 Å². The molecule has 0 spiro atoms. The van der Waals surface area contributed by atoms with Crippen LogP contribution in [0.3, 0.4) is 0 Å². The average molecular weight is 646 g/mol. The number of esters is 1. The Kier molecular flexibility index (Phi) is 12.8. The van der Waals surface area contributed by atoms with Gasteiger partial charge in [-0.25, -0.2) is 8.78 Å². The highest BCUT2D eigenvalue weighted by Crippen LogP contribution is 2.40. The maximum absolute atomic E-state index is 15.8. The Hall–Kier alpha value is -3.58. The number of ether oxygens (including phenoxy) is 1. The molecule has 13 heteroatoms. The number of hydrogen-bond acceptors (Lipinski definition) is 6. The molecule has 0 radical (unpaired) electrons. The summed E-state index contributed by atoms with van der Waals surface area (Å²) in [6, 6.07) is 2.18. The largest absolute Gasteiger partial charge is 0.466 e. The number of carbonyl (C=O) groups is 2. The molecular weight excluding hydrogens is 609 g/mol. The van der Waals surface area contributed by atoms with Crippen LogP contribution in [0.25, 0.3) is 11.1 Å². The fourth-order valence-electron chi connectivity index (χ4n) is 4.58. The summed E-state index contributed by atoms with van der Waals surface area (Å²) in [6.07, 6.45) is -3.49. The van der Waals surface area contributed by atoms with E-state index in [4.69, 9.17) is 8.92 Å². The van der Waals surface area contributed by atoms with Crippen LogP contribution in [-0.2, 0) is 41.2 Å². The van der Waals surface area contributed by atoms with Crippen molar-refractivity contribution in [2.75, 3.05) is 12.9 Å². The molecule has 0 heterocycles. The van der Waals surface area contributed by atoms with Gasteiger partial charge in [-0.1, -0.05) is 17.7 Å². The van der Waals surface area contributed by atoms with Crippen molar-refractivity contribution in [3.8, 4) is 11.1 Å². The van der Waals surface area contributed by atoms with Gasteiger partial charge in [-0.15, -0.1) is 6.58 Å². The minimum absolute atomic E-state index is 0.114. The lowest BCUT2D eigenvalue weighted by atomic mass is 9.88. The first-order valence-corrected chi connectivity index (χ1v) is 15.5. The van der Waals surface area contributed by atoms with Crippen molar-refractivity contribution in [2.45, 2.75) is 71.7 Å². The summed E-state index contributed by atoms with van der Waals surface area (Å²) in [5.41, 5.74) is -1.16. The van der Waals surface area contributed by atoms with Crippen LogP contribution < -0.4 is 5.32 Å². The van der Waals surface area contributed by atoms with Crippen molar-refractivity contribution in [2.24, 2.45) is 0 Å². The molecule has 242 valence electrons. The van der Waals surface area contributed by atoms with Gasteiger partial charge in [0, 0.05) is 5.56 Å². The number of nitrogens with one attached hydrogen (secondary N) is 1. The molecule has 0 aromatic heterocycles. The Balaban J connectivity index is 2.83. The second-order valence-corrected chi connectivity index (χ2v) is 11.9. The van der Waals surface area contributed by atoms with Crippen LogP contribution in [0.1, 0.15) is 68.3 Å². The highest BCUT2D eigenvalue weighted by atomic mass is 32.2. The lowest BCUT2D eigenvalue weighted by Crippen LogP contribution is -2.41. The first-order valence-electron chi connectivity index (χ1n) is 13.7. The van der Waals surface area contributed by atoms with Crippen LogP contribution >= 0.6 is 0 Å². The minimum Gasteiger partial charge on any atom is -0.466 e. The van der Waals surface area contributed by atoms with Crippen LogP contribution in [0.15, 0.2) is 48.6 Å². The van der Waals surface area contributed by atoms with E-state index in [1.54, 1.807) is 26.0 Å². The Bertz CT molecular complexity index is 1520. The van der Waals surface area contributed by atoms with E-state index in [0.717, 1.165) is 18.2 Å². The second-order valence-electron chi connectivity index (χ2n) is 10.3. The van der Waals surface area contributed by atoms with Crippen molar-refractivity contribution in [1.29, 1.82) is 0 Å². The molecule has 1 N–H and O–H groups in total. The number of halogens is 5. The number of benzene rings is 2. The molecule has 1 amide bonds. The van der Waals surface area contributed by atoms with Gasteiger partial charge in [0.15, 0.2) is 6.10 Å². The third-order valence-electron chi connectivity index (χ3n) is 6.43. The average Bonchev–Trinajstić information content (AvgIpc) is 2.88. The normalized spacial score (nSPS) is 13.5. The molecule has 0 aliphatic rings. The summed E-state index contributed by atoms with van der Waals surface area (Å²) in [5.74, 6) is -4.46. The zero-order valence-corrected chi connectivity index (χ0v) is 25.9. The lowest BCUT2D eigenvalue weighted by Gasteiger charge is -2.25. The maximum Gasteiger partial charge on any atom is 0.419 e. The van der Waals surface area contributed by atoms with E-state index in [2.05, 4.69) is 11.9 Å². The van der Waals surface area contributed by atoms with E-state index in [1.807, 2.05) is 0 Å². The molecule has 2 aromatic carbocycles. The number of allylic oxidation sites excluding steroid dienone is 3. The number of aryl methyl sites for hydroxylation is 1. The fourth-order valence-corrected chi connectivity index (χ4v) is 5.19. The first-order chi connectivity index (χ1) is 20.4. The summed E-state index contributed by atoms with van der Waals surface area (Å²) >= 11 is 0. The SMILES string of the molecule is C=C(C)CC[C@@H](OS(C)(=O)=O)C(=O)N[C@@H](CC(=O)OCC)c1cc(-c2c(C)cc(F)cc2CC=CC)cc(C(F)(F)F)c1F. The quantitative estimate of drug-likeness (QED) is 0.104. The van der Waals surface area contributed by atoms with Crippen molar-refractivity contribution in [3.05, 3.63) is 82.5 Å². The Morgan fingerprint density at radius 3 is 2.34 bits per heavy atom. The number of amides is 1. The zero-order valence-electron chi connectivity index (χ0n) is 25.1. The number of hydrogen-bond donors (Lipinski definition) is 1. The summed E-state index contributed by atoms with van der Waals surface area (Å²) in [4.78, 5) is 25.8. The monoisotopic (exact) mass is 645 g/mol. The third-order valence-corrected chi connectivity index (χ3v) is 7.02. The van der Waals surface area contributed by atoms with Crippen LogP contribution in [-0.4, -0.2) is 39.3 Å². The Morgan fingerprint density at radius 1 is 1.14 bits per heavy atom. The molecular formula is C31H36F5NO6S. The van der Waals surface area contributed by atoms with E-state index < -0.39 is 69.5 Å². The van der Waals surface area contributed by atoms with E-state index in [9.17, 15) is 35.6 Å². The third kappa shape index (κ3) is 10.5. The molecule has 0 aliphatic heterocycles. The van der Waals surface area contributed by atoms with Crippen LogP contribution in [0.4, 0.5) is 22.0 Å². The number of rotatable bonds is 14. The molecule has 2 atom stereocenters. The van der Waals surface area contributed by atoms with Gasteiger partial charge in [-0.2, -0.15) is 21.6 Å². The van der Waals surface area contributed by atoms with Gasteiger partial charge in [0.05, 0.1) is 30.9 Å². The van der Waals surface area contributed by atoms with Gasteiger partial charge in [0.1, 0.15) is 11.6 Å². The van der Waals surface area contributed by atoms with Gasteiger partial charge in [0.25, 0.3) is 16.0 Å². The molecule has 2 rings (SSSR count). The highest BCUT2D eigenvalue weighted by molar-refractivity contribution is 7.86. The molecule has 0 unspecified atom stereocenters. The second kappa shape index (κ2) is 15.4. The number of carbonyl (C=O) groups excluding carboxylic acids is 2.